The van der Waals surface area contributed by atoms with Gasteiger partial charge in [-0.25, -0.2) is 4.39 Å². The van der Waals surface area contributed by atoms with Crippen molar-refractivity contribution in [1.82, 2.24) is 25.3 Å². The standard InChI is InChI=1S/C29H35FN6O3/c1-32-16-28(38-2)29(37)34-23(14-31)11-21-5-3-19(12-26(21)30)20-4-6-22-15-33-36(27(22)13-20)24-7-9-35(10-8-24)25-17-39-18-25/h3-6,12-13,15,23-25,28,32H,7-11,16-18H2,1-2H3,(H,34,37)/t23-,28-/m0/s1. The highest BCUT2D eigenvalue weighted by Gasteiger charge is 2.30. The van der Waals surface area contributed by atoms with E-state index < -0.39 is 23.9 Å². The van der Waals surface area contributed by atoms with Crippen LogP contribution in [0.15, 0.2) is 42.6 Å². The number of likely N-dealkylation sites (N-methyl/N-ethyl adjacent to an activating group) is 1. The molecule has 2 aliphatic heterocycles. The average molecular weight is 535 g/mol. The molecule has 1 amide bonds. The number of piperidine rings is 1. The molecule has 3 aromatic rings. The highest BCUT2D eigenvalue weighted by atomic mass is 19.1. The van der Waals surface area contributed by atoms with Crippen LogP contribution in [0.25, 0.3) is 22.0 Å². The molecule has 2 saturated heterocycles. The van der Waals surface area contributed by atoms with E-state index >= 15 is 4.39 Å². The second kappa shape index (κ2) is 12.2. The van der Waals surface area contributed by atoms with E-state index in [0.717, 1.165) is 61.2 Å². The number of carbonyl (C=O) groups is 1. The number of rotatable bonds is 10. The van der Waals surface area contributed by atoms with Gasteiger partial charge in [0, 0.05) is 38.6 Å². The number of amides is 1. The Kier molecular flexibility index (Phi) is 8.53. The van der Waals surface area contributed by atoms with Crippen molar-refractivity contribution in [3.05, 3.63) is 54.0 Å². The normalized spacial score (nSPS) is 18.4. The number of hydrogen-bond donors (Lipinski definition) is 2. The average Bonchev–Trinajstić information content (AvgIpc) is 3.35. The van der Waals surface area contributed by atoms with Crippen LogP contribution in [0.5, 0.6) is 0 Å². The molecule has 0 bridgehead atoms. The summed E-state index contributed by atoms with van der Waals surface area (Å²) in [6.07, 6.45) is 3.30. The van der Waals surface area contributed by atoms with Gasteiger partial charge in [0.1, 0.15) is 18.0 Å². The van der Waals surface area contributed by atoms with Crippen molar-refractivity contribution in [1.29, 1.82) is 5.26 Å². The van der Waals surface area contributed by atoms with Crippen molar-refractivity contribution in [3.8, 4) is 17.2 Å². The van der Waals surface area contributed by atoms with E-state index in [4.69, 9.17) is 14.6 Å². The Bertz CT molecular complexity index is 1340. The zero-order chi connectivity index (χ0) is 27.4. The fourth-order valence-electron chi connectivity index (χ4n) is 5.41. The second-order valence-corrected chi connectivity index (χ2v) is 10.3. The third-order valence-electron chi connectivity index (χ3n) is 7.83. The minimum atomic E-state index is -0.874. The fraction of sp³-hybridized carbons (Fsp3) is 0.483. The van der Waals surface area contributed by atoms with Gasteiger partial charge in [0.15, 0.2) is 0 Å². The first-order valence-electron chi connectivity index (χ1n) is 13.5. The Morgan fingerprint density at radius 3 is 2.59 bits per heavy atom. The summed E-state index contributed by atoms with van der Waals surface area (Å²) in [6, 6.07) is 13.2. The number of benzene rings is 2. The Hall–Kier alpha value is -3.36. The molecule has 39 heavy (non-hydrogen) atoms. The molecule has 2 aliphatic rings. The lowest BCUT2D eigenvalue weighted by Crippen LogP contribution is -2.51. The molecule has 2 atom stereocenters. The highest BCUT2D eigenvalue weighted by molar-refractivity contribution is 5.84. The number of hydrogen-bond acceptors (Lipinski definition) is 7. The van der Waals surface area contributed by atoms with Gasteiger partial charge in [-0.3, -0.25) is 14.4 Å². The number of methoxy groups -OCH3 is 1. The first kappa shape index (κ1) is 27.2. The Morgan fingerprint density at radius 1 is 1.21 bits per heavy atom. The summed E-state index contributed by atoms with van der Waals surface area (Å²) in [6.45, 7) is 4.06. The molecule has 2 N–H and O–H groups in total. The smallest absolute Gasteiger partial charge is 0.251 e. The van der Waals surface area contributed by atoms with Crippen LogP contribution < -0.4 is 10.6 Å². The third kappa shape index (κ3) is 5.97. The molecular weight excluding hydrogens is 499 g/mol. The van der Waals surface area contributed by atoms with E-state index in [9.17, 15) is 10.1 Å². The maximum absolute atomic E-state index is 15.2. The molecule has 206 valence electrons. The van der Waals surface area contributed by atoms with Crippen molar-refractivity contribution < 1.29 is 18.7 Å². The maximum atomic E-state index is 15.2. The van der Waals surface area contributed by atoms with Gasteiger partial charge in [-0.2, -0.15) is 10.4 Å². The molecule has 0 radical (unpaired) electrons. The summed E-state index contributed by atoms with van der Waals surface area (Å²) in [7, 11) is 3.14. The lowest BCUT2D eigenvalue weighted by atomic mass is 9.99. The van der Waals surface area contributed by atoms with Crippen molar-refractivity contribution >= 4 is 16.8 Å². The summed E-state index contributed by atoms with van der Waals surface area (Å²) >= 11 is 0. The number of nitrogens with zero attached hydrogens (tertiary/aromatic N) is 4. The fourth-order valence-corrected chi connectivity index (χ4v) is 5.41. The Labute approximate surface area is 227 Å². The van der Waals surface area contributed by atoms with E-state index in [1.165, 1.54) is 13.2 Å². The molecule has 2 aromatic carbocycles. The molecular formula is C29H35FN6O3. The molecule has 0 saturated carbocycles. The van der Waals surface area contributed by atoms with Gasteiger partial charge < -0.3 is 20.1 Å². The minimum absolute atomic E-state index is 0.0574. The van der Waals surface area contributed by atoms with Crippen molar-refractivity contribution in [2.75, 3.05) is 47.0 Å². The molecule has 5 rings (SSSR count). The number of nitrogens with one attached hydrogen (secondary N) is 2. The van der Waals surface area contributed by atoms with Crippen LogP contribution in [0.1, 0.15) is 24.4 Å². The van der Waals surface area contributed by atoms with Crippen LogP contribution >= 0.6 is 0 Å². The number of halogens is 1. The van der Waals surface area contributed by atoms with E-state index in [0.29, 0.717) is 24.2 Å². The molecule has 0 unspecified atom stereocenters. The largest absolute Gasteiger partial charge is 0.378 e. The summed E-state index contributed by atoms with van der Waals surface area (Å²) in [5.41, 5.74) is 3.06. The number of nitriles is 1. The van der Waals surface area contributed by atoms with E-state index in [1.807, 2.05) is 24.4 Å². The molecule has 0 aliphatic carbocycles. The lowest BCUT2D eigenvalue weighted by molar-refractivity contribution is -0.131. The molecule has 1 aromatic heterocycles. The minimum Gasteiger partial charge on any atom is -0.378 e. The zero-order valence-electron chi connectivity index (χ0n) is 22.4. The van der Waals surface area contributed by atoms with Crippen LogP contribution in [-0.2, 0) is 20.7 Å². The summed E-state index contributed by atoms with van der Waals surface area (Å²) in [5, 5.41) is 20.8. The Balaban J connectivity index is 1.29. The van der Waals surface area contributed by atoms with Gasteiger partial charge in [-0.05, 0) is 48.7 Å². The Morgan fingerprint density at radius 2 is 1.95 bits per heavy atom. The topological polar surface area (TPSA) is 104 Å². The molecule has 10 heteroatoms. The van der Waals surface area contributed by atoms with E-state index in [1.54, 1.807) is 13.1 Å². The van der Waals surface area contributed by atoms with Crippen LogP contribution in [0.2, 0.25) is 0 Å². The van der Waals surface area contributed by atoms with Crippen molar-refractivity contribution in [2.45, 2.75) is 43.5 Å². The predicted molar refractivity (Wildman–Crippen MR) is 146 cm³/mol. The monoisotopic (exact) mass is 534 g/mol. The van der Waals surface area contributed by atoms with Crippen LogP contribution in [0.4, 0.5) is 4.39 Å². The second-order valence-electron chi connectivity index (χ2n) is 10.3. The van der Waals surface area contributed by atoms with Gasteiger partial charge >= 0.3 is 0 Å². The SMILES string of the molecule is CNC[C@H](OC)C(=O)N[C@H](C#N)Cc1ccc(-c2ccc3cnn(C4CCN(C5COC5)CC4)c3c2)cc1F. The first-order valence-corrected chi connectivity index (χ1v) is 13.5. The number of carbonyl (C=O) groups excluding carboxylic acids is 1. The first-order chi connectivity index (χ1) is 19.0. The van der Waals surface area contributed by atoms with Crippen LogP contribution in [0.3, 0.4) is 0 Å². The maximum Gasteiger partial charge on any atom is 0.251 e. The molecule has 3 heterocycles. The third-order valence-corrected chi connectivity index (χ3v) is 7.83. The number of likely N-dealkylation sites (tertiary alicyclic amines) is 1. The van der Waals surface area contributed by atoms with E-state index in [-0.39, 0.29) is 6.42 Å². The molecule has 2 fully saturated rings. The summed E-state index contributed by atoms with van der Waals surface area (Å²) in [4.78, 5) is 14.9. The summed E-state index contributed by atoms with van der Waals surface area (Å²) in [5.74, 6) is -0.829. The summed E-state index contributed by atoms with van der Waals surface area (Å²) < 4.78 is 27.8. The molecule has 9 nitrogen and oxygen atoms in total. The predicted octanol–water partition coefficient (Wildman–Crippen LogP) is 2.66. The van der Waals surface area contributed by atoms with Crippen molar-refractivity contribution in [2.24, 2.45) is 0 Å². The van der Waals surface area contributed by atoms with Crippen LogP contribution in [0, 0.1) is 17.1 Å². The molecule has 0 spiro atoms. The van der Waals surface area contributed by atoms with Gasteiger partial charge in [-0.15, -0.1) is 0 Å². The van der Waals surface area contributed by atoms with Crippen molar-refractivity contribution in [3.63, 3.8) is 0 Å². The number of fused-ring (bicyclic) bond motifs is 1. The van der Waals surface area contributed by atoms with Gasteiger partial charge in [0.25, 0.3) is 5.91 Å². The van der Waals surface area contributed by atoms with Gasteiger partial charge in [-0.1, -0.05) is 24.3 Å². The van der Waals surface area contributed by atoms with Gasteiger partial charge in [0.2, 0.25) is 0 Å². The van der Waals surface area contributed by atoms with Crippen LogP contribution in [-0.4, -0.2) is 85.8 Å². The van der Waals surface area contributed by atoms with E-state index in [2.05, 4.69) is 32.4 Å². The number of ether oxygens (including phenoxy) is 2. The zero-order valence-corrected chi connectivity index (χ0v) is 22.4. The highest BCUT2D eigenvalue weighted by Crippen LogP contribution is 2.31. The van der Waals surface area contributed by atoms with Gasteiger partial charge in [0.05, 0.1) is 43.1 Å². The quantitative estimate of drug-likeness (QED) is 0.412. The lowest BCUT2D eigenvalue weighted by Gasteiger charge is -2.41. The number of aromatic nitrogens is 2.